The van der Waals surface area contributed by atoms with E-state index in [1.54, 1.807) is 19.4 Å². The van der Waals surface area contributed by atoms with Crippen molar-refractivity contribution in [2.24, 2.45) is 11.7 Å². The maximum Gasteiger partial charge on any atom is 0.357 e. The molecule has 1 aliphatic heterocycles. The van der Waals surface area contributed by atoms with Gasteiger partial charge in [-0.25, -0.2) is 14.2 Å². The number of ether oxygens (including phenoxy) is 1. The Balaban J connectivity index is 1.47. The van der Waals surface area contributed by atoms with Crippen LogP contribution in [0.4, 0.5) is 27.0 Å². The number of hydrogen-bond acceptors (Lipinski definition) is 10. The van der Waals surface area contributed by atoms with Crippen molar-refractivity contribution in [1.29, 1.82) is 0 Å². The number of thiazole rings is 1. The van der Waals surface area contributed by atoms with Crippen LogP contribution in [-0.2, 0) is 4.74 Å². The van der Waals surface area contributed by atoms with Crippen molar-refractivity contribution in [1.82, 2.24) is 19.9 Å². The van der Waals surface area contributed by atoms with E-state index < -0.39 is 5.97 Å². The van der Waals surface area contributed by atoms with Crippen LogP contribution >= 0.6 is 11.3 Å². The molecule has 4 heterocycles. The summed E-state index contributed by atoms with van der Waals surface area (Å²) >= 11 is 1.26. The second kappa shape index (κ2) is 8.31. The summed E-state index contributed by atoms with van der Waals surface area (Å²) in [5.74, 6) is 0.661. The van der Waals surface area contributed by atoms with Crippen LogP contribution in [0.2, 0.25) is 0 Å². The second-order valence-corrected chi connectivity index (χ2v) is 9.79. The molecule has 1 aromatic carbocycles. The molecule has 1 saturated heterocycles. The fourth-order valence-electron chi connectivity index (χ4n) is 5.28. The zero-order valence-corrected chi connectivity index (χ0v) is 20.1. The molecular weight excluding hydrogens is 471 g/mol. The Morgan fingerprint density at radius 1 is 1.34 bits per heavy atom. The molecule has 0 radical (unpaired) electrons. The van der Waals surface area contributed by atoms with E-state index in [2.05, 4.69) is 30.5 Å². The number of nitrogens with two attached hydrogens (primary N) is 1. The number of esters is 1. The van der Waals surface area contributed by atoms with Crippen LogP contribution in [0.1, 0.15) is 30.3 Å². The van der Waals surface area contributed by atoms with Crippen molar-refractivity contribution in [3.8, 4) is 0 Å². The lowest BCUT2D eigenvalue weighted by Gasteiger charge is -2.31. The number of piperidine rings is 1. The van der Waals surface area contributed by atoms with Gasteiger partial charge in [-0.1, -0.05) is 0 Å². The van der Waals surface area contributed by atoms with Crippen LogP contribution in [0.5, 0.6) is 0 Å². The molecule has 3 atom stereocenters. The zero-order chi connectivity index (χ0) is 24.3. The maximum absolute atomic E-state index is 14.5. The summed E-state index contributed by atoms with van der Waals surface area (Å²) < 4.78 is 19.5. The topological polar surface area (TPSA) is 134 Å². The average Bonchev–Trinajstić information content (AvgIpc) is 3.61. The molecule has 2 aliphatic rings. The van der Waals surface area contributed by atoms with Gasteiger partial charge >= 0.3 is 5.97 Å². The first-order valence-electron chi connectivity index (χ1n) is 11.6. The smallest absolute Gasteiger partial charge is 0.357 e. The number of benzene rings is 1. The van der Waals surface area contributed by atoms with Crippen molar-refractivity contribution >= 4 is 61.8 Å². The highest BCUT2D eigenvalue weighted by molar-refractivity contribution is 7.14. The molecule has 1 aliphatic carbocycles. The average molecular weight is 497 g/mol. The Bertz CT molecular complexity index is 1450. The first kappa shape index (κ1) is 22.0. The molecule has 2 fully saturated rings. The lowest BCUT2D eigenvalue weighted by molar-refractivity contribution is 0.0520. The van der Waals surface area contributed by atoms with E-state index in [1.807, 2.05) is 0 Å². The summed E-state index contributed by atoms with van der Waals surface area (Å²) in [6.07, 6.45) is 1.91. The van der Waals surface area contributed by atoms with Gasteiger partial charge in [-0.2, -0.15) is 9.97 Å². The van der Waals surface area contributed by atoms with Crippen molar-refractivity contribution in [2.45, 2.75) is 31.8 Å². The molecule has 2 bridgehead atoms. The number of anilines is 4. The highest BCUT2D eigenvalue weighted by atomic mass is 32.1. The highest BCUT2D eigenvalue weighted by Gasteiger charge is 2.44. The van der Waals surface area contributed by atoms with E-state index in [-0.39, 0.29) is 30.2 Å². The third kappa shape index (κ3) is 3.64. The Morgan fingerprint density at radius 2 is 2.20 bits per heavy atom. The van der Waals surface area contributed by atoms with E-state index >= 15 is 0 Å². The van der Waals surface area contributed by atoms with Gasteiger partial charge in [-0.05, 0) is 37.8 Å². The first-order chi connectivity index (χ1) is 16.9. The summed E-state index contributed by atoms with van der Waals surface area (Å²) in [5, 5.41) is 9.78. The number of hydrogen-bond donors (Lipinski definition) is 4. The van der Waals surface area contributed by atoms with Crippen LogP contribution in [-0.4, -0.2) is 58.2 Å². The van der Waals surface area contributed by atoms with Gasteiger partial charge in [0.1, 0.15) is 17.3 Å². The summed E-state index contributed by atoms with van der Waals surface area (Å²) in [7, 11) is 1.75. The van der Waals surface area contributed by atoms with E-state index in [0.29, 0.717) is 28.3 Å². The number of nitrogens with zero attached hydrogens (tertiary/aromatic N) is 4. The fourth-order valence-corrected chi connectivity index (χ4v) is 5.96. The molecule has 10 nitrogen and oxygen atoms in total. The number of rotatable bonds is 6. The monoisotopic (exact) mass is 496 g/mol. The molecule has 4 aromatic rings. The van der Waals surface area contributed by atoms with Gasteiger partial charge in [-0.15, -0.1) is 11.3 Å². The molecule has 0 spiro atoms. The minimum absolute atomic E-state index is 0.194. The van der Waals surface area contributed by atoms with Gasteiger partial charge < -0.3 is 25.7 Å². The number of carbonyl (C=O) groups excluding carboxylic acids is 1. The predicted octanol–water partition coefficient (Wildman–Crippen LogP) is 3.59. The van der Waals surface area contributed by atoms with Gasteiger partial charge in [0.15, 0.2) is 10.8 Å². The summed E-state index contributed by atoms with van der Waals surface area (Å²) in [4.78, 5) is 31.5. The maximum atomic E-state index is 14.5. The Hall–Kier alpha value is -3.51. The van der Waals surface area contributed by atoms with Crippen LogP contribution in [0.15, 0.2) is 17.5 Å². The molecule has 182 valence electrons. The van der Waals surface area contributed by atoms with E-state index in [4.69, 9.17) is 15.5 Å². The van der Waals surface area contributed by atoms with Crippen LogP contribution < -0.4 is 21.3 Å². The summed E-state index contributed by atoms with van der Waals surface area (Å²) in [5.41, 5.74) is 8.52. The summed E-state index contributed by atoms with van der Waals surface area (Å²) in [6.45, 7) is 2.82. The SMILES string of the molecule is CCOC(=O)c1csc(Nc2nc(N3CC4CC3C[C@H]4N)c3c(n2)[nH]c2c(NC)cc(F)cc23)n1. The van der Waals surface area contributed by atoms with Gasteiger partial charge in [-0.3, -0.25) is 5.32 Å². The number of nitrogens with one attached hydrogen (secondary N) is 3. The molecule has 6 rings (SSSR count). The van der Waals surface area contributed by atoms with Crippen LogP contribution in [0.3, 0.4) is 0 Å². The van der Waals surface area contributed by atoms with Crippen LogP contribution in [0.25, 0.3) is 21.9 Å². The fraction of sp³-hybridized carbons (Fsp3) is 0.391. The molecule has 1 saturated carbocycles. The minimum atomic E-state index is -0.476. The van der Waals surface area contributed by atoms with E-state index in [0.717, 1.165) is 41.5 Å². The third-order valence-corrected chi connectivity index (χ3v) is 7.61. The van der Waals surface area contributed by atoms with Gasteiger partial charge in [0.25, 0.3) is 0 Å². The predicted molar refractivity (Wildman–Crippen MR) is 134 cm³/mol. The van der Waals surface area contributed by atoms with Crippen molar-refractivity contribution in [2.75, 3.05) is 35.7 Å². The lowest BCUT2D eigenvalue weighted by atomic mass is 10.0. The molecular formula is C23H25FN8O2S. The standard InChI is InChI=1S/C23H25FN8O2S/c1-3-34-21(33)16-9-35-23(27-16)31-22-29-19-17(13-5-11(24)6-15(26-2)18(13)28-19)20(30-22)32-8-10-4-12(32)7-14(10)25/h5-6,9-10,12,14,26H,3-4,7-8,25H2,1-2H3,(H2,27,28,29,30,31)/t10?,12?,14-/m1/s1. The number of fused-ring (bicyclic) bond motifs is 5. The van der Waals surface area contributed by atoms with Crippen molar-refractivity contribution in [3.05, 3.63) is 29.0 Å². The van der Waals surface area contributed by atoms with Gasteiger partial charge in [0.05, 0.1) is 23.2 Å². The molecule has 3 aromatic heterocycles. The lowest BCUT2D eigenvalue weighted by Crippen LogP contribution is -2.41. The highest BCUT2D eigenvalue weighted by Crippen LogP contribution is 2.44. The quantitative estimate of drug-likeness (QED) is 0.295. The van der Waals surface area contributed by atoms with E-state index in [9.17, 15) is 9.18 Å². The Kier molecular flexibility index (Phi) is 5.22. The number of halogens is 1. The molecule has 5 N–H and O–H groups in total. The minimum Gasteiger partial charge on any atom is -0.461 e. The number of carbonyl (C=O) groups is 1. The second-order valence-electron chi connectivity index (χ2n) is 8.93. The van der Waals surface area contributed by atoms with E-state index in [1.165, 1.54) is 23.5 Å². The van der Waals surface area contributed by atoms with Gasteiger partial charge in [0, 0.05) is 36.4 Å². The number of aromatic amines is 1. The molecule has 12 heteroatoms. The number of H-pyrrole nitrogens is 1. The summed E-state index contributed by atoms with van der Waals surface area (Å²) in [6, 6.07) is 3.44. The van der Waals surface area contributed by atoms with Crippen molar-refractivity contribution < 1.29 is 13.9 Å². The Labute approximate surface area is 204 Å². The molecule has 2 unspecified atom stereocenters. The molecule has 35 heavy (non-hydrogen) atoms. The number of aromatic nitrogens is 4. The molecule has 0 amide bonds. The van der Waals surface area contributed by atoms with Crippen LogP contribution in [0, 0.1) is 11.7 Å². The normalized spacial score (nSPS) is 21.3. The third-order valence-electron chi connectivity index (χ3n) is 6.85. The van der Waals surface area contributed by atoms with Gasteiger partial charge in [0.2, 0.25) is 5.95 Å². The largest absolute Gasteiger partial charge is 0.461 e. The Morgan fingerprint density at radius 3 is 2.91 bits per heavy atom. The zero-order valence-electron chi connectivity index (χ0n) is 19.3. The van der Waals surface area contributed by atoms with Crippen molar-refractivity contribution in [3.63, 3.8) is 0 Å². The first-order valence-corrected chi connectivity index (χ1v) is 12.5.